The molecule has 0 fully saturated rings. The Morgan fingerprint density at radius 2 is 2.00 bits per heavy atom. The number of aliphatic carboxylic acids is 1. The third-order valence-electron chi connectivity index (χ3n) is 2.71. The molecule has 0 saturated heterocycles. The number of hydrogen-bond donors (Lipinski definition) is 1. The molecule has 1 aromatic rings. The minimum Gasteiger partial charge on any atom is -0.478 e. The second kappa shape index (κ2) is 7.16. The standard InChI is InChI=1S/C14H19ClN2O2/c1-16(2)8-9-17(3)12-6-4-11(13(15)10-12)5-7-14(18)19/h4-7,10H,8-9H2,1-3H3,(H,18,19)/b7-5+. The summed E-state index contributed by atoms with van der Waals surface area (Å²) in [6.45, 7) is 1.85. The minimum absolute atomic E-state index is 0.548. The van der Waals surface area contributed by atoms with Crippen molar-refractivity contribution in [2.75, 3.05) is 39.1 Å². The average Bonchev–Trinajstić information content (AvgIpc) is 2.34. The molecule has 0 aliphatic carbocycles. The van der Waals surface area contributed by atoms with Crippen molar-refractivity contribution in [3.05, 3.63) is 34.9 Å². The van der Waals surface area contributed by atoms with Crippen LogP contribution in [0.5, 0.6) is 0 Å². The number of carboxylic acid groups (broad SMARTS) is 1. The molecule has 0 aliphatic heterocycles. The van der Waals surface area contributed by atoms with Gasteiger partial charge in [0, 0.05) is 36.9 Å². The first kappa shape index (κ1) is 15.5. The van der Waals surface area contributed by atoms with Crippen molar-refractivity contribution in [2.24, 2.45) is 0 Å². The van der Waals surface area contributed by atoms with E-state index in [0.717, 1.165) is 24.9 Å². The Bertz CT molecular complexity index is 473. The maximum absolute atomic E-state index is 10.5. The quantitative estimate of drug-likeness (QED) is 0.814. The molecule has 0 saturated carbocycles. The highest BCUT2D eigenvalue weighted by atomic mass is 35.5. The molecule has 0 radical (unpaired) electrons. The smallest absolute Gasteiger partial charge is 0.328 e. The average molecular weight is 283 g/mol. The second-order valence-electron chi connectivity index (χ2n) is 4.60. The summed E-state index contributed by atoms with van der Waals surface area (Å²) in [5.74, 6) is -0.983. The van der Waals surface area contributed by atoms with E-state index < -0.39 is 5.97 Å². The Balaban J connectivity index is 2.78. The summed E-state index contributed by atoms with van der Waals surface area (Å²) in [5, 5.41) is 9.14. The zero-order valence-electron chi connectivity index (χ0n) is 11.4. The van der Waals surface area contributed by atoms with Crippen LogP contribution in [0.3, 0.4) is 0 Å². The van der Waals surface area contributed by atoms with Gasteiger partial charge in [0.25, 0.3) is 0 Å². The lowest BCUT2D eigenvalue weighted by Crippen LogP contribution is -2.28. The lowest BCUT2D eigenvalue weighted by Gasteiger charge is -2.22. The lowest BCUT2D eigenvalue weighted by atomic mass is 10.2. The molecular weight excluding hydrogens is 264 g/mol. The van der Waals surface area contributed by atoms with Gasteiger partial charge in [-0.3, -0.25) is 0 Å². The highest BCUT2D eigenvalue weighted by Crippen LogP contribution is 2.24. The molecule has 1 N–H and O–H groups in total. The number of carboxylic acids is 1. The number of anilines is 1. The van der Waals surface area contributed by atoms with Crippen molar-refractivity contribution in [3.63, 3.8) is 0 Å². The van der Waals surface area contributed by atoms with E-state index in [1.807, 2.05) is 39.3 Å². The molecule has 0 bridgehead atoms. The molecule has 0 amide bonds. The van der Waals surface area contributed by atoms with E-state index in [9.17, 15) is 4.79 Å². The van der Waals surface area contributed by atoms with Crippen molar-refractivity contribution in [1.29, 1.82) is 0 Å². The van der Waals surface area contributed by atoms with Crippen LogP contribution in [-0.2, 0) is 4.79 Å². The third kappa shape index (κ3) is 5.32. The SMILES string of the molecule is CN(C)CCN(C)c1ccc(/C=C/C(=O)O)c(Cl)c1. The zero-order chi connectivity index (χ0) is 14.4. The molecule has 0 atom stereocenters. The minimum atomic E-state index is -0.983. The number of rotatable bonds is 6. The van der Waals surface area contributed by atoms with Crippen molar-refractivity contribution in [3.8, 4) is 0 Å². The molecule has 0 heterocycles. The van der Waals surface area contributed by atoms with Gasteiger partial charge in [0.05, 0.1) is 0 Å². The first-order chi connectivity index (χ1) is 8.90. The van der Waals surface area contributed by atoms with Gasteiger partial charge >= 0.3 is 5.97 Å². The lowest BCUT2D eigenvalue weighted by molar-refractivity contribution is -0.131. The normalized spacial score (nSPS) is 11.2. The van der Waals surface area contributed by atoms with E-state index in [-0.39, 0.29) is 0 Å². The topological polar surface area (TPSA) is 43.8 Å². The van der Waals surface area contributed by atoms with Gasteiger partial charge in [0.2, 0.25) is 0 Å². The summed E-state index contributed by atoms with van der Waals surface area (Å²) in [7, 11) is 6.06. The molecule has 0 unspecified atom stereocenters. The van der Waals surface area contributed by atoms with Crippen LogP contribution in [0.2, 0.25) is 5.02 Å². The fourth-order valence-electron chi connectivity index (χ4n) is 1.53. The summed E-state index contributed by atoms with van der Waals surface area (Å²) >= 11 is 6.14. The summed E-state index contributed by atoms with van der Waals surface area (Å²) in [6, 6.07) is 5.60. The number of likely N-dealkylation sites (N-methyl/N-ethyl adjacent to an activating group) is 2. The Labute approximate surface area is 118 Å². The van der Waals surface area contributed by atoms with E-state index in [4.69, 9.17) is 16.7 Å². The summed E-state index contributed by atoms with van der Waals surface area (Å²) in [4.78, 5) is 14.7. The largest absolute Gasteiger partial charge is 0.478 e. The number of nitrogens with zero attached hydrogens (tertiary/aromatic N) is 2. The number of benzene rings is 1. The predicted molar refractivity (Wildman–Crippen MR) is 79.9 cm³/mol. The van der Waals surface area contributed by atoms with Crippen LogP contribution in [0.15, 0.2) is 24.3 Å². The van der Waals surface area contributed by atoms with Crippen molar-refractivity contribution in [2.45, 2.75) is 0 Å². The second-order valence-corrected chi connectivity index (χ2v) is 5.01. The van der Waals surface area contributed by atoms with Gasteiger partial charge in [-0.1, -0.05) is 17.7 Å². The number of hydrogen-bond acceptors (Lipinski definition) is 3. The van der Waals surface area contributed by atoms with Crippen LogP contribution in [0.25, 0.3) is 6.08 Å². The number of carbonyl (C=O) groups is 1. The molecule has 104 valence electrons. The van der Waals surface area contributed by atoms with Gasteiger partial charge in [-0.2, -0.15) is 0 Å². The molecule has 19 heavy (non-hydrogen) atoms. The van der Waals surface area contributed by atoms with Gasteiger partial charge in [0.1, 0.15) is 0 Å². The van der Waals surface area contributed by atoms with Crippen LogP contribution in [-0.4, -0.2) is 50.2 Å². The van der Waals surface area contributed by atoms with Gasteiger partial charge < -0.3 is 14.9 Å². The van der Waals surface area contributed by atoms with Crippen molar-refractivity contribution < 1.29 is 9.90 Å². The van der Waals surface area contributed by atoms with Crippen LogP contribution in [0.1, 0.15) is 5.56 Å². The summed E-state index contributed by atoms with van der Waals surface area (Å²) in [6.07, 6.45) is 2.57. The maximum Gasteiger partial charge on any atom is 0.328 e. The molecule has 0 spiro atoms. The van der Waals surface area contributed by atoms with Crippen molar-refractivity contribution in [1.82, 2.24) is 4.90 Å². The Kier molecular flexibility index (Phi) is 5.86. The molecular formula is C14H19ClN2O2. The van der Waals surface area contributed by atoms with Gasteiger partial charge in [0.15, 0.2) is 0 Å². The maximum atomic E-state index is 10.5. The van der Waals surface area contributed by atoms with Gasteiger partial charge in [-0.15, -0.1) is 0 Å². The molecule has 0 aliphatic rings. The van der Waals surface area contributed by atoms with Crippen LogP contribution >= 0.6 is 11.6 Å². The highest BCUT2D eigenvalue weighted by molar-refractivity contribution is 6.32. The molecule has 1 rings (SSSR count). The molecule has 5 heteroatoms. The van der Waals surface area contributed by atoms with Crippen LogP contribution < -0.4 is 4.90 Å². The predicted octanol–water partition coefficient (Wildman–Crippen LogP) is 2.44. The Hall–Kier alpha value is -1.52. The fourth-order valence-corrected chi connectivity index (χ4v) is 1.77. The fraction of sp³-hybridized carbons (Fsp3) is 0.357. The van der Waals surface area contributed by atoms with E-state index in [0.29, 0.717) is 10.6 Å². The van der Waals surface area contributed by atoms with E-state index in [2.05, 4.69) is 9.80 Å². The Morgan fingerprint density at radius 3 is 2.53 bits per heavy atom. The molecule has 4 nitrogen and oxygen atoms in total. The first-order valence-electron chi connectivity index (χ1n) is 5.96. The Morgan fingerprint density at radius 1 is 1.32 bits per heavy atom. The van der Waals surface area contributed by atoms with Crippen LogP contribution in [0.4, 0.5) is 5.69 Å². The zero-order valence-corrected chi connectivity index (χ0v) is 12.2. The first-order valence-corrected chi connectivity index (χ1v) is 6.34. The van der Waals surface area contributed by atoms with Crippen LogP contribution in [0, 0.1) is 0 Å². The van der Waals surface area contributed by atoms with E-state index in [1.165, 1.54) is 6.08 Å². The van der Waals surface area contributed by atoms with E-state index in [1.54, 1.807) is 0 Å². The van der Waals surface area contributed by atoms with Gasteiger partial charge in [-0.05, 0) is 37.9 Å². The highest BCUT2D eigenvalue weighted by Gasteiger charge is 2.04. The molecule has 1 aromatic carbocycles. The third-order valence-corrected chi connectivity index (χ3v) is 3.04. The van der Waals surface area contributed by atoms with Gasteiger partial charge in [-0.25, -0.2) is 4.79 Å². The number of halogens is 1. The van der Waals surface area contributed by atoms with E-state index >= 15 is 0 Å². The van der Waals surface area contributed by atoms with Crippen molar-refractivity contribution >= 4 is 29.3 Å². The summed E-state index contributed by atoms with van der Waals surface area (Å²) < 4.78 is 0. The summed E-state index contributed by atoms with van der Waals surface area (Å²) in [5.41, 5.74) is 1.72. The monoisotopic (exact) mass is 282 g/mol. The molecule has 0 aromatic heterocycles.